The zero-order chi connectivity index (χ0) is 24.9. The van der Waals surface area contributed by atoms with E-state index in [4.69, 9.17) is 21.3 Å². The molecule has 5 rings (SSSR count). The summed E-state index contributed by atoms with van der Waals surface area (Å²) in [6.07, 6.45) is 0. The highest BCUT2D eigenvalue weighted by atomic mass is 35.5. The van der Waals surface area contributed by atoms with Crippen molar-refractivity contribution in [3.8, 4) is 5.75 Å². The van der Waals surface area contributed by atoms with Gasteiger partial charge in [0.05, 0.1) is 28.9 Å². The summed E-state index contributed by atoms with van der Waals surface area (Å²) in [5, 5.41) is 12.1. The van der Waals surface area contributed by atoms with Crippen LogP contribution in [0.4, 0.5) is 5.13 Å². The maximum Gasteiger partial charge on any atom is 0.301 e. The van der Waals surface area contributed by atoms with Crippen molar-refractivity contribution in [1.82, 2.24) is 4.98 Å². The highest BCUT2D eigenvalue weighted by molar-refractivity contribution is 7.22. The van der Waals surface area contributed by atoms with Gasteiger partial charge in [-0.15, -0.1) is 0 Å². The summed E-state index contributed by atoms with van der Waals surface area (Å²) in [4.78, 5) is 32.8. The van der Waals surface area contributed by atoms with Gasteiger partial charge in [0.25, 0.3) is 5.78 Å². The van der Waals surface area contributed by atoms with Crippen LogP contribution in [0.15, 0.2) is 66.2 Å². The topological polar surface area (TPSA) is 79.7 Å². The van der Waals surface area contributed by atoms with E-state index >= 15 is 0 Å². The van der Waals surface area contributed by atoms with Gasteiger partial charge in [-0.25, -0.2) is 4.98 Å². The predicted octanol–water partition coefficient (Wildman–Crippen LogP) is 6.20. The fourth-order valence-electron chi connectivity index (χ4n) is 4.39. The molecule has 2 heterocycles. The molecular weight excluding hydrogens is 484 g/mol. The number of rotatable bonds is 4. The van der Waals surface area contributed by atoms with Crippen molar-refractivity contribution < 1.29 is 19.4 Å². The Morgan fingerprint density at radius 2 is 1.83 bits per heavy atom. The highest BCUT2D eigenvalue weighted by Gasteiger charge is 2.48. The summed E-state index contributed by atoms with van der Waals surface area (Å²) in [5.41, 5.74) is 3.81. The number of carbonyl (C=O) groups is 2. The van der Waals surface area contributed by atoms with E-state index in [0.717, 1.165) is 21.3 Å². The van der Waals surface area contributed by atoms with Crippen molar-refractivity contribution in [1.29, 1.82) is 0 Å². The first-order valence-corrected chi connectivity index (χ1v) is 12.1. The number of ketones is 1. The molecule has 176 valence electrons. The summed E-state index contributed by atoms with van der Waals surface area (Å²) >= 11 is 7.61. The molecule has 0 aliphatic carbocycles. The van der Waals surface area contributed by atoms with Gasteiger partial charge in [0, 0.05) is 10.6 Å². The Kier molecular flexibility index (Phi) is 5.83. The lowest BCUT2D eigenvalue weighted by molar-refractivity contribution is -0.132. The summed E-state index contributed by atoms with van der Waals surface area (Å²) in [7, 11) is 1.54. The molecule has 0 radical (unpaired) electrons. The number of ether oxygens (including phenoxy) is 1. The second-order valence-electron chi connectivity index (χ2n) is 8.38. The minimum absolute atomic E-state index is 0.0189. The molecule has 1 fully saturated rings. The molecular formula is C27H21ClN2O4S. The normalized spacial score (nSPS) is 17.4. The van der Waals surface area contributed by atoms with Crippen molar-refractivity contribution >= 4 is 55.7 Å². The molecule has 35 heavy (non-hydrogen) atoms. The Balaban J connectivity index is 1.73. The van der Waals surface area contributed by atoms with Gasteiger partial charge >= 0.3 is 5.91 Å². The molecule has 0 bridgehead atoms. The third-order valence-electron chi connectivity index (χ3n) is 6.00. The summed E-state index contributed by atoms with van der Waals surface area (Å²) < 4.78 is 6.11. The number of aliphatic hydroxyl groups excluding tert-OH is 1. The van der Waals surface area contributed by atoms with Crippen LogP contribution < -0.4 is 9.64 Å². The molecule has 3 aromatic carbocycles. The van der Waals surface area contributed by atoms with Crippen LogP contribution in [-0.2, 0) is 9.59 Å². The van der Waals surface area contributed by atoms with Crippen molar-refractivity contribution in [2.45, 2.75) is 19.9 Å². The Bertz CT molecular complexity index is 1520. The Morgan fingerprint density at radius 3 is 2.51 bits per heavy atom. The summed E-state index contributed by atoms with van der Waals surface area (Å²) in [6.45, 7) is 3.96. The van der Waals surface area contributed by atoms with Gasteiger partial charge < -0.3 is 9.84 Å². The maximum atomic E-state index is 13.4. The van der Waals surface area contributed by atoms with E-state index in [1.807, 2.05) is 26.0 Å². The van der Waals surface area contributed by atoms with Crippen molar-refractivity contribution in [3.63, 3.8) is 0 Å². The highest BCUT2D eigenvalue weighted by Crippen LogP contribution is 2.45. The molecule has 8 heteroatoms. The number of aromatic nitrogens is 1. The van der Waals surface area contributed by atoms with Gasteiger partial charge in [-0.2, -0.15) is 0 Å². The molecule has 1 N–H and O–H groups in total. The lowest BCUT2D eigenvalue weighted by Gasteiger charge is -2.23. The van der Waals surface area contributed by atoms with Gasteiger partial charge in [-0.05, 0) is 73.0 Å². The average Bonchev–Trinajstić information content (AvgIpc) is 3.37. The number of halogens is 1. The fourth-order valence-corrected chi connectivity index (χ4v) is 5.76. The number of methoxy groups -OCH3 is 1. The first-order chi connectivity index (χ1) is 16.8. The number of amides is 1. The van der Waals surface area contributed by atoms with Crippen LogP contribution in [0, 0.1) is 13.8 Å². The molecule has 1 saturated heterocycles. The molecule has 0 saturated carbocycles. The molecule has 1 atom stereocenters. The molecule has 0 spiro atoms. The second kappa shape index (κ2) is 8.83. The van der Waals surface area contributed by atoms with Gasteiger partial charge in [0.15, 0.2) is 5.13 Å². The summed E-state index contributed by atoms with van der Waals surface area (Å²) in [5.74, 6) is -1.20. The van der Waals surface area contributed by atoms with Gasteiger partial charge in [0.1, 0.15) is 11.5 Å². The number of hydrogen-bond donors (Lipinski definition) is 1. The molecule has 6 nitrogen and oxygen atoms in total. The van der Waals surface area contributed by atoms with Crippen LogP contribution in [-0.4, -0.2) is 28.9 Å². The molecule has 1 amide bonds. The summed E-state index contributed by atoms with van der Waals surface area (Å²) in [6, 6.07) is 16.7. The van der Waals surface area contributed by atoms with Gasteiger partial charge in [-0.1, -0.05) is 41.1 Å². The number of aliphatic hydroxyl groups is 1. The average molecular weight is 505 g/mol. The van der Waals surface area contributed by atoms with E-state index in [-0.39, 0.29) is 11.3 Å². The van der Waals surface area contributed by atoms with Gasteiger partial charge in [-0.3, -0.25) is 14.5 Å². The third-order valence-corrected chi connectivity index (χ3v) is 7.23. The maximum absolute atomic E-state index is 13.4. The molecule has 0 unspecified atom stereocenters. The Hall–Kier alpha value is -3.68. The number of nitrogens with zero attached hydrogens (tertiary/aromatic N) is 2. The van der Waals surface area contributed by atoms with E-state index < -0.39 is 17.7 Å². The number of fused-ring (bicyclic) bond motifs is 1. The third kappa shape index (κ3) is 3.96. The number of anilines is 1. The molecule has 1 aromatic heterocycles. The Morgan fingerprint density at radius 1 is 1.09 bits per heavy atom. The first-order valence-electron chi connectivity index (χ1n) is 10.9. The van der Waals surface area contributed by atoms with Crippen LogP contribution >= 0.6 is 22.9 Å². The molecule has 1 aliphatic heterocycles. The SMILES string of the molecule is COc1ccc(C(O)=C2C(=O)C(=O)N(c3nc4c(C)cc(C)cc4s3)[C@H]2c2cccc(Cl)c2)cc1. The van der Waals surface area contributed by atoms with E-state index in [1.165, 1.54) is 16.2 Å². The van der Waals surface area contributed by atoms with Crippen LogP contribution in [0.5, 0.6) is 5.75 Å². The smallest absolute Gasteiger partial charge is 0.301 e. The number of thiazole rings is 1. The largest absolute Gasteiger partial charge is 0.507 e. The minimum atomic E-state index is -0.891. The lowest BCUT2D eigenvalue weighted by atomic mass is 9.95. The predicted molar refractivity (Wildman–Crippen MR) is 138 cm³/mol. The number of aryl methyl sites for hydroxylation is 2. The monoisotopic (exact) mass is 504 g/mol. The zero-order valence-electron chi connectivity index (χ0n) is 19.2. The van der Waals surface area contributed by atoms with Gasteiger partial charge in [0.2, 0.25) is 0 Å². The van der Waals surface area contributed by atoms with E-state index in [9.17, 15) is 14.7 Å². The van der Waals surface area contributed by atoms with E-state index in [0.29, 0.717) is 27.0 Å². The number of carbonyl (C=O) groups excluding carboxylic acids is 2. The number of hydrogen-bond acceptors (Lipinski definition) is 6. The molecule has 4 aromatic rings. The van der Waals surface area contributed by atoms with Crippen LogP contribution in [0.2, 0.25) is 5.02 Å². The van der Waals surface area contributed by atoms with Crippen molar-refractivity contribution in [2.24, 2.45) is 0 Å². The fraction of sp³-hybridized carbons (Fsp3) is 0.148. The standard InChI is InChI=1S/C27H21ClN2O4S/c1-14-11-15(2)22-20(12-14)35-27(29-22)30-23(17-5-4-6-18(28)13-17)21(25(32)26(30)33)24(31)16-7-9-19(34-3)10-8-16/h4-13,23,31H,1-3H3/t23-/m0/s1. The Labute approximate surface area is 211 Å². The lowest BCUT2D eigenvalue weighted by Crippen LogP contribution is -2.29. The van der Waals surface area contributed by atoms with E-state index in [2.05, 4.69) is 0 Å². The van der Waals surface area contributed by atoms with Crippen molar-refractivity contribution in [3.05, 3.63) is 93.5 Å². The molecule has 1 aliphatic rings. The van der Waals surface area contributed by atoms with Crippen LogP contribution in [0.25, 0.3) is 16.0 Å². The van der Waals surface area contributed by atoms with Crippen LogP contribution in [0.3, 0.4) is 0 Å². The quantitative estimate of drug-likeness (QED) is 0.203. The second-order valence-corrected chi connectivity index (χ2v) is 9.82. The van der Waals surface area contributed by atoms with Crippen LogP contribution in [0.1, 0.15) is 28.3 Å². The zero-order valence-corrected chi connectivity index (χ0v) is 20.8. The minimum Gasteiger partial charge on any atom is -0.507 e. The van der Waals surface area contributed by atoms with E-state index in [1.54, 1.807) is 55.6 Å². The number of benzene rings is 3. The number of Topliss-reactive ketones (excluding diaryl/α,β-unsaturated/α-hetero) is 1. The first kappa shape index (κ1) is 23.1. The van der Waals surface area contributed by atoms with Crippen molar-refractivity contribution in [2.75, 3.05) is 12.0 Å².